The van der Waals surface area contributed by atoms with Gasteiger partial charge in [0.05, 0.1) is 0 Å². The smallest absolute Gasteiger partial charge is 0.0412 e. The molecule has 2 saturated carbocycles. The molecule has 4 atom stereocenters. The van der Waals surface area contributed by atoms with Crippen molar-refractivity contribution in [1.82, 2.24) is 4.98 Å². The second kappa shape index (κ2) is 10.7. The number of pyridine rings is 1. The summed E-state index contributed by atoms with van der Waals surface area (Å²) >= 11 is 0. The van der Waals surface area contributed by atoms with Gasteiger partial charge < -0.3 is 0 Å². The van der Waals surface area contributed by atoms with Crippen molar-refractivity contribution >= 4 is 5.57 Å². The van der Waals surface area contributed by atoms with Crippen molar-refractivity contribution in [2.45, 2.75) is 99.3 Å². The maximum atomic E-state index is 4.82. The summed E-state index contributed by atoms with van der Waals surface area (Å²) in [4.78, 5) is 4.82. The van der Waals surface area contributed by atoms with Gasteiger partial charge in [-0.3, -0.25) is 4.98 Å². The topological polar surface area (TPSA) is 12.9 Å². The summed E-state index contributed by atoms with van der Waals surface area (Å²) in [6.45, 7) is 22.5. The van der Waals surface area contributed by atoms with Gasteiger partial charge in [-0.1, -0.05) is 91.0 Å². The van der Waals surface area contributed by atoms with E-state index in [1.54, 1.807) is 0 Å². The van der Waals surface area contributed by atoms with E-state index >= 15 is 0 Å². The minimum Gasteiger partial charge on any atom is -0.261 e. The Morgan fingerprint density at radius 3 is 2.55 bits per heavy atom. The number of aromatic nitrogens is 1. The zero-order valence-electron chi connectivity index (χ0n) is 22.4. The van der Waals surface area contributed by atoms with Crippen LogP contribution in [-0.2, 0) is 6.42 Å². The zero-order valence-corrected chi connectivity index (χ0v) is 22.4. The van der Waals surface area contributed by atoms with Crippen LogP contribution >= 0.6 is 0 Å². The Balaban J connectivity index is 1.73. The highest BCUT2D eigenvalue weighted by atomic mass is 14.7. The largest absolute Gasteiger partial charge is 0.261 e. The predicted octanol–water partition coefficient (Wildman–Crippen LogP) is 9.45. The van der Waals surface area contributed by atoms with Crippen LogP contribution < -0.4 is 0 Å². The Morgan fingerprint density at radius 1 is 1.24 bits per heavy atom. The normalized spacial score (nSPS) is 27.3. The first-order chi connectivity index (χ1) is 15.5. The van der Waals surface area contributed by atoms with E-state index in [1.807, 2.05) is 12.3 Å². The quantitative estimate of drug-likeness (QED) is 0.257. The van der Waals surface area contributed by atoms with Crippen molar-refractivity contribution in [3.8, 4) is 0 Å². The van der Waals surface area contributed by atoms with Gasteiger partial charge in [-0.05, 0) is 90.4 Å². The first-order valence-corrected chi connectivity index (χ1v) is 13.5. The van der Waals surface area contributed by atoms with Gasteiger partial charge in [0.2, 0.25) is 0 Å². The number of nitrogens with zero attached hydrogens (tertiary/aromatic N) is 1. The molecule has 0 aliphatic heterocycles. The Labute approximate surface area is 204 Å². The monoisotopic (exact) mass is 447 g/mol. The highest BCUT2D eigenvalue weighted by Crippen LogP contribution is 2.67. The first-order valence-electron chi connectivity index (χ1n) is 13.5. The third-order valence-electron chi connectivity index (χ3n) is 8.27. The molecule has 1 nitrogen and oxygen atoms in total. The van der Waals surface area contributed by atoms with E-state index in [2.05, 4.69) is 72.9 Å². The third kappa shape index (κ3) is 6.93. The molecule has 0 saturated heterocycles. The average molecular weight is 448 g/mol. The summed E-state index contributed by atoms with van der Waals surface area (Å²) in [6.07, 6.45) is 18.1. The summed E-state index contributed by atoms with van der Waals surface area (Å²) in [5.41, 5.74) is 5.90. The van der Waals surface area contributed by atoms with Crippen molar-refractivity contribution in [3.05, 3.63) is 60.5 Å². The minimum absolute atomic E-state index is 0.376. The van der Waals surface area contributed by atoms with Gasteiger partial charge in [0.1, 0.15) is 0 Å². The van der Waals surface area contributed by atoms with Gasteiger partial charge in [0.25, 0.3) is 0 Å². The molecule has 33 heavy (non-hydrogen) atoms. The Kier molecular flexibility index (Phi) is 8.46. The van der Waals surface area contributed by atoms with Gasteiger partial charge in [0, 0.05) is 11.9 Å². The van der Waals surface area contributed by atoms with Crippen molar-refractivity contribution in [3.63, 3.8) is 0 Å². The fourth-order valence-corrected chi connectivity index (χ4v) is 7.09. The minimum atomic E-state index is 0.376. The van der Waals surface area contributed by atoms with Crippen LogP contribution in [0.25, 0.3) is 5.57 Å². The van der Waals surface area contributed by atoms with Crippen LogP contribution in [0.1, 0.15) is 104 Å². The van der Waals surface area contributed by atoms with E-state index in [9.17, 15) is 0 Å². The standard InChI is InChI=1S/C32H49N/c1-9-25(16-15-24(4)22-31(5,6)7)27-17-18-33-28(19-27)20-29-30(26-13-11-10-12-14-26)32(29,8)21-23(2)3/h9,16-19,24,26,29-30H,1-2,10-15,20-22H2,3-8H3. The maximum Gasteiger partial charge on any atom is 0.0412 e. The van der Waals surface area contributed by atoms with Crippen molar-refractivity contribution in [1.29, 1.82) is 0 Å². The number of rotatable bonds is 10. The van der Waals surface area contributed by atoms with Crippen LogP contribution in [0, 0.1) is 34.5 Å². The van der Waals surface area contributed by atoms with Gasteiger partial charge in [-0.2, -0.15) is 0 Å². The molecule has 0 N–H and O–H groups in total. The highest BCUT2D eigenvalue weighted by Gasteiger charge is 2.62. The molecular weight excluding hydrogens is 398 g/mol. The molecule has 1 heteroatoms. The van der Waals surface area contributed by atoms with Crippen LogP contribution in [0.4, 0.5) is 0 Å². The molecule has 1 heterocycles. The predicted molar refractivity (Wildman–Crippen MR) is 145 cm³/mol. The van der Waals surface area contributed by atoms with Crippen LogP contribution in [-0.4, -0.2) is 4.98 Å². The summed E-state index contributed by atoms with van der Waals surface area (Å²) < 4.78 is 0. The molecule has 0 amide bonds. The van der Waals surface area contributed by atoms with E-state index in [1.165, 1.54) is 67.3 Å². The molecule has 4 unspecified atom stereocenters. The van der Waals surface area contributed by atoms with E-state index in [-0.39, 0.29) is 0 Å². The molecule has 2 fully saturated rings. The molecular formula is C32H49N. The van der Waals surface area contributed by atoms with Gasteiger partial charge in [0.15, 0.2) is 0 Å². The lowest BCUT2D eigenvalue weighted by molar-refractivity contribution is 0.281. The summed E-state index contributed by atoms with van der Waals surface area (Å²) in [6, 6.07) is 4.49. The lowest BCUT2D eigenvalue weighted by atomic mass is 9.82. The van der Waals surface area contributed by atoms with Crippen LogP contribution in [0.15, 0.2) is 49.2 Å². The summed E-state index contributed by atoms with van der Waals surface area (Å²) in [5.74, 6) is 3.16. The lowest BCUT2D eigenvalue weighted by Crippen LogP contribution is -2.13. The number of allylic oxidation sites excluding steroid dienone is 4. The third-order valence-corrected chi connectivity index (χ3v) is 8.27. The van der Waals surface area contributed by atoms with Crippen LogP contribution in [0.2, 0.25) is 0 Å². The molecule has 2 aliphatic carbocycles. The lowest BCUT2D eigenvalue weighted by Gasteiger charge is -2.24. The molecule has 1 aromatic heterocycles. The fraction of sp³-hybridized carbons (Fsp3) is 0.656. The van der Waals surface area contributed by atoms with Gasteiger partial charge in [-0.25, -0.2) is 0 Å². The summed E-state index contributed by atoms with van der Waals surface area (Å²) in [7, 11) is 0. The van der Waals surface area contributed by atoms with Crippen molar-refractivity contribution in [2.24, 2.45) is 34.5 Å². The number of hydrogen-bond acceptors (Lipinski definition) is 1. The molecule has 182 valence electrons. The zero-order chi connectivity index (χ0) is 24.2. The average Bonchev–Trinajstić information content (AvgIpc) is 3.29. The second-order valence-corrected chi connectivity index (χ2v) is 12.9. The van der Waals surface area contributed by atoms with Crippen LogP contribution in [0.5, 0.6) is 0 Å². The van der Waals surface area contributed by atoms with E-state index in [4.69, 9.17) is 4.98 Å². The van der Waals surface area contributed by atoms with Crippen molar-refractivity contribution < 1.29 is 0 Å². The molecule has 0 bridgehead atoms. The first kappa shape index (κ1) is 26.0. The molecule has 0 aromatic carbocycles. The Morgan fingerprint density at radius 2 is 1.94 bits per heavy atom. The van der Waals surface area contributed by atoms with Crippen LogP contribution in [0.3, 0.4) is 0 Å². The maximum absolute atomic E-state index is 4.82. The van der Waals surface area contributed by atoms with E-state index in [0.29, 0.717) is 16.7 Å². The van der Waals surface area contributed by atoms with E-state index < -0.39 is 0 Å². The fourth-order valence-electron chi connectivity index (χ4n) is 7.09. The van der Waals surface area contributed by atoms with E-state index in [0.717, 1.165) is 30.6 Å². The molecule has 3 rings (SSSR count). The summed E-state index contributed by atoms with van der Waals surface area (Å²) in [5, 5.41) is 0. The Hall–Kier alpha value is -1.63. The second-order valence-electron chi connectivity index (χ2n) is 12.9. The Bertz CT molecular complexity index is 847. The molecule has 1 aromatic rings. The highest BCUT2D eigenvalue weighted by molar-refractivity contribution is 5.73. The van der Waals surface area contributed by atoms with Gasteiger partial charge in [-0.15, -0.1) is 6.58 Å². The van der Waals surface area contributed by atoms with Gasteiger partial charge >= 0.3 is 0 Å². The number of hydrogen-bond donors (Lipinski definition) is 0. The molecule has 2 aliphatic rings. The van der Waals surface area contributed by atoms with Crippen molar-refractivity contribution in [2.75, 3.05) is 0 Å². The molecule has 0 spiro atoms. The molecule has 0 radical (unpaired) electrons. The SMILES string of the molecule is C=CC(=CCC(C)CC(C)(C)C)c1ccnc(CC2C(C3CCCCC3)C2(C)CC(=C)C)c1.